The first-order valence-electron chi connectivity index (χ1n) is 7.19. The van der Waals surface area contributed by atoms with Crippen LogP contribution in [0.25, 0.3) is 0 Å². The highest BCUT2D eigenvalue weighted by atomic mass is 16.5. The van der Waals surface area contributed by atoms with E-state index >= 15 is 0 Å². The molecule has 2 rings (SSSR count). The molecule has 20 heavy (non-hydrogen) atoms. The number of nitrogens with zero attached hydrogens (tertiary/aromatic N) is 4. The summed E-state index contributed by atoms with van der Waals surface area (Å²) < 4.78 is 7.18. The van der Waals surface area contributed by atoms with E-state index in [0.29, 0.717) is 11.8 Å². The Kier molecular flexibility index (Phi) is 4.76. The third-order valence-corrected chi connectivity index (χ3v) is 3.51. The van der Waals surface area contributed by atoms with Crippen molar-refractivity contribution in [1.82, 2.24) is 19.9 Å². The number of aryl methyl sites for hydroxylation is 3. The van der Waals surface area contributed by atoms with Gasteiger partial charge in [0.05, 0.1) is 5.69 Å². The Morgan fingerprint density at radius 2 is 2.05 bits per heavy atom. The van der Waals surface area contributed by atoms with E-state index in [1.165, 1.54) is 11.3 Å². The topological polar surface area (TPSA) is 68.8 Å². The molecule has 0 bridgehead atoms. The second-order valence-electron chi connectivity index (χ2n) is 5.06. The zero-order chi connectivity index (χ0) is 14.5. The molecule has 6 nitrogen and oxygen atoms in total. The van der Waals surface area contributed by atoms with E-state index in [1.807, 2.05) is 6.92 Å². The predicted molar refractivity (Wildman–Crippen MR) is 77.8 cm³/mol. The highest BCUT2D eigenvalue weighted by molar-refractivity contribution is 5.22. The largest absolute Gasteiger partial charge is 0.352 e. The fourth-order valence-electron chi connectivity index (χ4n) is 2.08. The molecule has 0 amide bonds. The molecule has 0 aromatic carbocycles. The van der Waals surface area contributed by atoms with Gasteiger partial charge < -0.3 is 9.84 Å². The highest BCUT2D eigenvalue weighted by Crippen LogP contribution is 2.11. The van der Waals surface area contributed by atoms with Gasteiger partial charge in [-0.3, -0.25) is 4.68 Å². The van der Waals surface area contributed by atoms with Crippen LogP contribution in [0, 0.1) is 20.8 Å². The van der Waals surface area contributed by atoms with Gasteiger partial charge in [-0.1, -0.05) is 6.92 Å². The van der Waals surface area contributed by atoms with Crippen molar-refractivity contribution in [3.05, 3.63) is 22.8 Å². The summed E-state index contributed by atoms with van der Waals surface area (Å²) in [5.41, 5.74) is 3.63. The number of rotatable bonds is 7. The van der Waals surface area contributed by atoms with Crippen LogP contribution < -0.4 is 5.32 Å². The molecule has 2 aromatic rings. The van der Waals surface area contributed by atoms with Crippen LogP contribution in [0.5, 0.6) is 0 Å². The summed E-state index contributed by atoms with van der Waals surface area (Å²) in [4.78, 5) is 4.27. The lowest BCUT2D eigenvalue weighted by molar-refractivity contribution is 0.378. The van der Waals surface area contributed by atoms with E-state index in [0.717, 1.165) is 38.0 Å². The van der Waals surface area contributed by atoms with Crippen LogP contribution in [0.3, 0.4) is 0 Å². The third kappa shape index (κ3) is 3.37. The van der Waals surface area contributed by atoms with Gasteiger partial charge in [0, 0.05) is 25.2 Å². The fraction of sp³-hybridized carbons (Fsp3) is 0.643. The molecule has 0 aliphatic heterocycles. The lowest BCUT2D eigenvalue weighted by Crippen LogP contribution is -2.09. The summed E-state index contributed by atoms with van der Waals surface area (Å²) in [6.07, 6.45) is 2.82. The molecule has 6 heteroatoms. The van der Waals surface area contributed by atoms with Crippen molar-refractivity contribution in [1.29, 1.82) is 0 Å². The molecule has 0 saturated carbocycles. The average molecular weight is 277 g/mol. The van der Waals surface area contributed by atoms with Gasteiger partial charge in [-0.25, -0.2) is 0 Å². The van der Waals surface area contributed by atoms with Gasteiger partial charge in [-0.05, 0) is 44.3 Å². The molecule has 110 valence electrons. The van der Waals surface area contributed by atoms with Crippen molar-refractivity contribution in [2.45, 2.75) is 53.5 Å². The van der Waals surface area contributed by atoms with Crippen molar-refractivity contribution >= 4 is 5.95 Å². The normalized spacial score (nSPS) is 11.0. The molecule has 0 aliphatic rings. The summed E-state index contributed by atoms with van der Waals surface area (Å²) in [5, 5.41) is 11.6. The van der Waals surface area contributed by atoms with Crippen LogP contribution in [0.1, 0.15) is 42.6 Å². The summed E-state index contributed by atoms with van der Waals surface area (Å²) in [7, 11) is 0. The zero-order valence-corrected chi connectivity index (χ0v) is 12.7. The van der Waals surface area contributed by atoms with Gasteiger partial charge in [0.2, 0.25) is 5.89 Å². The number of anilines is 1. The maximum Gasteiger partial charge on any atom is 0.263 e. The van der Waals surface area contributed by atoms with Gasteiger partial charge in [0.15, 0.2) is 0 Å². The van der Waals surface area contributed by atoms with Crippen molar-refractivity contribution in [3.63, 3.8) is 0 Å². The molecule has 0 saturated heterocycles. The Morgan fingerprint density at radius 1 is 1.25 bits per heavy atom. The Hall–Kier alpha value is -1.85. The molecule has 2 aromatic heterocycles. The summed E-state index contributed by atoms with van der Waals surface area (Å²) >= 11 is 0. The zero-order valence-electron chi connectivity index (χ0n) is 12.7. The molecular formula is C14H23N5O. The SMILES string of the molecule is CCCc1nc(NCCCn2nc(C)c(C)c2C)no1. The summed E-state index contributed by atoms with van der Waals surface area (Å²) in [6.45, 7) is 10.1. The first-order chi connectivity index (χ1) is 9.61. The molecule has 0 fully saturated rings. The molecule has 0 spiro atoms. The molecular weight excluding hydrogens is 254 g/mol. The predicted octanol–water partition coefficient (Wildman–Crippen LogP) is 2.65. The summed E-state index contributed by atoms with van der Waals surface area (Å²) in [6, 6.07) is 0. The van der Waals surface area contributed by atoms with Gasteiger partial charge in [-0.2, -0.15) is 10.1 Å². The van der Waals surface area contributed by atoms with Crippen LogP contribution >= 0.6 is 0 Å². The van der Waals surface area contributed by atoms with Gasteiger partial charge in [0.1, 0.15) is 0 Å². The number of hydrogen-bond donors (Lipinski definition) is 1. The third-order valence-electron chi connectivity index (χ3n) is 3.51. The van der Waals surface area contributed by atoms with Crippen molar-refractivity contribution in [3.8, 4) is 0 Å². The second-order valence-corrected chi connectivity index (χ2v) is 5.06. The Labute approximate surface area is 119 Å². The minimum Gasteiger partial charge on any atom is -0.352 e. The van der Waals surface area contributed by atoms with E-state index in [9.17, 15) is 0 Å². The van der Waals surface area contributed by atoms with Crippen LogP contribution in [0.15, 0.2) is 4.52 Å². The second kappa shape index (κ2) is 6.54. The Morgan fingerprint density at radius 3 is 2.70 bits per heavy atom. The van der Waals surface area contributed by atoms with Crippen LogP contribution in [0.4, 0.5) is 5.95 Å². The molecule has 1 N–H and O–H groups in total. The fourth-order valence-corrected chi connectivity index (χ4v) is 2.08. The average Bonchev–Trinajstić information content (AvgIpc) is 2.96. The number of aromatic nitrogens is 4. The van der Waals surface area contributed by atoms with Crippen molar-refractivity contribution in [2.24, 2.45) is 0 Å². The minimum atomic E-state index is 0.581. The van der Waals surface area contributed by atoms with Gasteiger partial charge in [0.25, 0.3) is 5.95 Å². The van der Waals surface area contributed by atoms with Crippen LogP contribution in [-0.2, 0) is 13.0 Å². The van der Waals surface area contributed by atoms with Crippen LogP contribution in [0.2, 0.25) is 0 Å². The highest BCUT2D eigenvalue weighted by Gasteiger charge is 2.07. The number of nitrogens with one attached hydrogen (secondary N) is 1. The summed E-state index contributed by atoms with van der Waals surface area (Å²) in [5.74, 6) is 1.28. The van der Waals surface area contributed by atoms with E-state index in [4.69, 9.17) is 4.52 Å². The first kappa shape index (κ1) is 14.6. The van der Waals surface area contributed by atoms with Gasteiger partial charge in [-0.15, -0.1) is 0 Å². The van der Waals surface area contributed by atoms with E-state index in [2.05, 4.69) is 46.0 Å². The lowest BCUT2D eigenvalue weighted by atomic mass is 10.2. The standard InChI is InChI=1S/C14H23N5O/c1-5-7-13-16-14(18-20-13)15-8-6-9-19-12(4)10(2)11(3)17-19/h5-9H2,1-4H3,(H,15,18). The maximum atomic E-state index is 5.12. The molecule has 2 heterocycles. The molecule has 0 unspecified atom stereocenters. The van der Waals surface area contributed by atoms with E-state index in [1.54, 1.807) is 0 Å². The van der Waals surface area contributed by atoms with Crippen molar-refractivity contribution < 1.29 is 4.52 Å². The lowest BCUT2D eigenvalue weighted by Gasteiger charge is -2.04. The van der Waals surface area contributed by atoms with Gasteiger partial charge >= 0.3 is 0 Å². The van der Waals surface area contributed by atoms with E-state index < -0.39 is 0 Å². The smallest absolute Gasteiger partial charge is 0.263 e. The minimum absolute atomic E-state index is 0.581. The molecule has 0 atom stereocenters. The van der Waals surface area contributed by atoms with Crippen LogP contribution in [-0.4, -0.2) is 26.5 Å². The molecule has 0 aliphatic carbocycles. The van der Waals surface area contributed by atoms with Crippen molar-refractivity contribution in [2.75, 3.05) is 11.9 Å². The molecule has 0 radical (unpaired) electrons. The Balaban J connectivity index is 1.77. The number of hydrogen-bond acceptors (Lipinski definition) is 5. The maximum absolute atomic E-state index is 5.12. The van der Waals surface area contributed by atoms with E-state index in [-0.39, 0.29) is 0 Å². The monoisotopic (exact) mass is 277 g/mol. The Bertz CT molecular complexity index is 558. The quantitative estimate of drug-likeness (QED) is 0.788. The first-order valence-corrected chi connectivity index (χ1v) is 7.19.